The van der Waals surface area contributed by atoms with Crippen LogP contribution in [0.25, 0.3) is 16.3 Å². The summed E-state index contributed by atoms with van der Waals surface area (Å²) >= 11 is 0. The van der Waals surface area contributed by atoms with Gasteiger partial charge in [-0.05, 0) is 85.3 Å². The minimum absolute atomic E-state index is 0.130. The SMILES string of the molecule is CN(C)C1CC23CCC4(O2)C(=C(C(F)(F)F)CC2(C)C(c5ccc6cc(=O)[nH]cc6c5)=CCC24)C=C3C(O)C1O. The number of hydrogen-bond acceptors (Lipinski definition) is 5. The van der Waals surface area contributed by atoms with Crippen LogP contribution in [0, 0.1) is 11.3 Å². The third kappa shape index (κ3) is 3.35. The van der Waals surface area contributed by atoms with Crippen molar-refractivity contribution in [1.29, 1.82) is 0 Å². The summed E-state index contributed by atoms with van der Waals surface area (Å²) in [4.78, 5) is 16.3. The molecule has 7 rings (SSSR count). The average Bonchev–Trinajstić information content (AvgIpc) is 3.40. The first-order chi connectivity index (χ1) is 18.8. The Bertz CT molecular complexity index is 1590. The number of aliphatic hydroxyl groups is 2. The molecular weight excluding hydrogens is 521 g/mol. The molecule has 2 bridgehead atoms. The van der Waals surface area contributed by atoms with Crippen LogP contribution in [-0.4, -0.2) is 69.8 Å². The number of ether oxygens (including phenoxy) is 1. The Labute approximate surface area is 229 Å². The lowest BCUT2D eigenvalue weighted by atomic mass is 9.56. The molecule has 7 unspecified atom stereocenters. The molecule has 2 aliphatic heterocycles. The Hall–Kier alpha value is -2.72. The Kier molecular flexibility index (Phi) is 5.36. The van der Waals surface area contributed by atoms with Gasteiger partial charge in [0, 0.05) is 35.2 Å². The van der Waals surface area contributed by atoms with Crippen LogP contribution in [0.2, 0.25) is 0 Å². The van der Waals surface area contributed by atoms with Gasteiger partial charge in [0.2, 0.25) is 5.56 Å². The monoisotopic (exact) mass is 554 g/mol. The van der Waals surface area contributed by atoms with Crippen LogP contribution in [0.3, 0.4) is 0 Å². The normalized spacial score (nSPS) is 38.7. The fraction of sp³-hybridized carbons (Fsp3) is 0.516. The van der Waals surface area contributed by atoms with Crippen molar-refractivity contribution in [3.8, 4) is 0 Å². The van der Waals surface area contributed by atoms with E-state index >= 15 is 0 Å². The zero-order valence-corrected chi connectivity index (χ0v) is 22.7. The largest absolute Gasteiger partial charge is 0.413 e. The molecule has 7 atom stereocenters. The molecule has 2 spiro atoms. The van der Waals surface area contributed by atoms with Gasteiger partial charge in [0.1, 0.15) is 6.10 Å². The van der Waals surface area contributed by atoms with Crippen molar-refractivity contribution >= 4 is 16.3 Å². The summed E-state index contributed by atoms with van der Waals surface area (Å²) in [5.41, 5.74) is -1.49. The van der Waals surface area contributed by atoms with E-state index in [0.29, 0.717) is 31.3 Å². The van der Waals surface area contributed by atoms with Gasteiger partial charge in [-0.3, -0.25) is 4.79 Å². The Morgan fingerprint density at radius 1 is 1.12 bits per heavy atom. The number of hydrogen-bond donors (Lipinski definition) is 3. The molecule has 5 aliphatic rings. The summed E-state index contributed by atoms with van der Waals surface area (Å²) in [6, 6.07) is 6.80. The number of H-pyrrole nitrogens is 1. The van der Waals surface area contributed by atoms with Gasteiger partial charge in [-0.1, -0.05) is 31.2 Å². The number of pyridine rings is 1. The van der Waals surface area contributed by atoms with E-state index in [0.717, 1.165) is 21.9 Å². The van der Waals surface area contributed by atoms with Crippen molar-refractivity contribution < 1.29 is 28.1 Å². The quantitative estimate of drug-likeness (QED) is 0.510. The fourth-order valence-corrected chi connectivity index (χ4v) is 8.71. The highest BCUT2D eigenvalue weighted by Crippen LogP contribution is 2.70. The second-order valence-electron chi connectivity index (χ2n) is 12.8. The van der Waals surface area contributed by atoms with E-state index in [1.807, 2.05) is 44.1 Å². The Morgan fingerprint density at radius 2 is 1.90 bits per heavy atom. The Morgan fingerprint density at radius 3 is 2.62 bits per heavy atom. The minimum Gasteiger partial charge on any atom is -0.388 e. The van der Waals surface area contributed by atoms with Gasteiger partial charge < -0.3 is 24.8 Å². The van der Waals surface area contributed by atoms with Crippen LogP contribution < -0.4 is 5.56 Å². The van der Waals surface area contributed by atoms with Crippen molar-refractivity contribution in [2.75, 3.05) is 14.1 Å². The van der Waals surface area contributed by atoms with Crippen LogP contribution in [0.1, 0.15) is 44.6 Å². The van der Waals surface area contributed by atoms with Gasteiger partial charge >= 0.3 is 6.18 Å². The summed E-state index contributed by atoms with van der Waals surface area (Å²) in [5, 5.41) is 23.6. The number of alkyl halides is 3. The second kappa shape index (κ2) is 8.18. The number of likely N-dealkylation sites (N-methyl/N-ethyl adjacent to an activating group) is 1. The lowest BCUT2D eigenvalue weighted by molar-refractivity contribution is -0.170. The molecule has 1 saturated carbocycles. The highest BCUT2D eigenvalue weighted by Gasteiger charge is 2.69. The molecule has 1 saturated heterocycles. The molecule has 1 aromatic heterocycles. The maximum Gasteiger partial charge on any atom is 0.413 e. The summed E-state index contributed by atoms with van der Waals surface area (Å²) in [6.45, 7) is 1.93. The van der Waals surface area contributed by atoms with Gasteiger partial charge in [-0.15, -0.1) is 0 Å². The van der Waals surface area contributed by atoms with E-state index < -0.39 is 40.6 Å². The predicted molar refractivity (Wildman–Crippen MR) is 144 cm³/mol. The van der Waals surface area contributed by atoms with Gasteiger partial charge in [0.25, 0.3) is 0 Å². The average molecular weight is 555 g/mol. The zero-order chi connectivity index (χ0) is 28.4. The van der Waals surface area contributed by atoms with Crippen molar-refractivity contribution in [3.63, 3.8) is 0 Å². The molecule has 0 amide bonds. The van der Waals surface area contributed by atoms with Gasteiger partial charge in [-0.25, -0.2) is 0 Å². The lowest BCUT2D eigenvalue weighted by Crippen LogP contribution is -2.62. The van der Waals surface area contributed by atoms with E-state index in [1.165, 1.54) is 6.07 Å². The number of benzene rings is 1. The van der Waals surface area contributed by atoms with E-state index in [4.69, 9.17) is 4.74 Å². The number of aromatic nitrogens is 1. The second-order valence-corrected chi connectivity index (χ2v) is 12.8. The van der Waals surface area contributed by atoms with E-state index in [-0.39, 0.29) is 29.5 Å². The van der Waals surface area contributed by atoms with E-state index in [9.17, 15) is 28.2 Å². The fourth-order valence-electron chi connectivity index (χ4n) is 8.71. The zero-order valence-electron chi connectivity index (χ0n) is 22.7. The first-order valence-electron chi connectivity index (χ1n) is 13.9. The standard InChI is InChI=1S/C31H33F3N2O4/c1-28-13-22(31(32,33)34)20-12-21-26(38)27(39)23(36(2)3)14-29(21)8-9-30(20,40-29)24(28)7-6-19(28)17-5-4-16-11-25(37)35-15-18(16)10-17/h4-6,10-12,15,23-24,26-27,38-39H,7-9,13-14H2,1-3H3,(H,35,37). The lowest BCUT2D eigenvalue weighted by Gasteiger charge is -2.57. The number of allylic oxidation sites excluding steroid dienone is 3. The van der Waals surface area contributed by atoms with Crippen LogP contribution in [0.5, 0.6) is 0 Å². The molecule has 212 valence electrons. The summed E-state index contributed by atoms with van der Waals surface area (Å²) < 4.78 is 51.6. The molecule has 3 aliphatic carbocycles. The number of rotatable bonds is 2. The molecule has 3 N–H and O–H groups in total. The molecule has 1 aromatic carbocycles. The van der Waals surface area contributed by atoms with E-state index in [2.05, 4.69) is 11.1 Å². The topological polar surface area (TPSA) is 85.8 Å². The highest BCUT2D eigenvalue weighted by molar-refractivity contribution is 5.87. The number of fused-ring (bicyclic) bond motifs is 2. The maximum atomic E-state index is 14.9. The third-order valence-corrected chi connectivity index (χ3v) is 10.6. The molecule has 0 radical (unpaired) electrons. The highest BCUT2D eigenvalue weighted by atomic mass is 19.4. The summed E-state index contributed by atoms with van der Waals surface area (Å²) in [5.74, 6) is -0.221. The first kappa shape index (κ1) is 26.2. The van der Waals surface area contributed by atoms with Crippen LogP contribution in [0.15, 0.2) is 64.1 Å². The van der Waals surface area contributed by atoms with Gasteiger partial charge in [0.15, 0.2) is 0 Å². The first-order valence-corrected chi connectivity index (χ1v) is 13.9. The minimum atomic E-state index is -4.58. The molecular formula is C31H33F3N2O4. The van der Waals surface area contributed by atoms with Gasteiger partial charge in [0.05, 0.1) is 17.3 Å². The number of halogens is 3. The van der Waals surface area contributed by atoms with Crippen molar-refractivity contribution in [1.82, 2.24) is 9.88 Å². The molecule has 6 nitrogen and oxygen atoms in total. The Balaban J connectivity index is 1.39. The third-order valence-electron chi connectivity index (χ3n) is 10.6. The smallest absolute Gasteiger partial charge is 0.388 e. The van der Waals surface area contributed by atoms with Crippen LogP contribution in [-0.2, 0) is 4.74 Å². The number of aliphatic hydroxyl groups excluding tert-OH is 2. The molecule has 2 fully saturated rings. The van der Waals surface area contributed by atoms with Crippen molar-refractivity contribution in [3.05, 3.63) is 75.3 Å². The molecule has 2 aromatic rings. The maximum absolute atomic E-state index is 14.9. The summed E-state index contributed by atoms with van der Waals surface area (Å²) in [6.07, 6.45) is -0.0497. The van der Waals surface area contributed by atoms with Crippen molar-refractivity contribution in [2.45, 2.75) is 74.7 Å². The molecule has 3 heterocycles. The van der Waals surface area contributed by atoms with Crippen molar-refractivity contribution in [2.24, 2.45) is 11.3 Å². The van der Waals surface area contributed by atoms with E-state index in [1.54, 1.807) is 12.3 Å². The predicted octanol–water partition coefficient (Wildman–Crippen LogP) is 4.48. The van der Waals surface area contributed by atoms with Crippen LogP contribution in [0.4, 0.5) is 13.2 Å². The number of aromatic amines is 1. The van der Waals surface area contributed by atoms with Crippen LogP contribution >= 0.6 is 0 Å². The number of nitrogens with zero attached hydrogens (tertiary/aromatic N) is 1. The molecule has 9 heteroatoms. The van der Waals surface area contributed by atoms with Gasteiger partial charge in [-0.2, -0.15) is 13.2 Å². The molecule has 40 heavy (non-hydrogen) atoms. The summed E-state index contributed by atoms with van der Waals surface area (Å²) in [7, 11) is 3.66. The number of nitrogens with one attached hydrogen (secondary N) is 1.